The van der Waals surface area contributed by atoms with E-state index in [1.165, 1.54) is 11.8 Å². The van der Waals surface area contributed by atoms with E-state index in [1.54, 1.807) is 6.26 Å². The molecule has 0 bridgehead atoms. The molecular weight excluding hydrogens is 276 g/mol. The van der Waals surface area contributed by atoms with E-state index in [0.29, 0.717) is 0 Å². The molecule has 1 aliphatic heterocycles. The van der Waals surface area contributed by atoms with Gasteiger partial charge in [-0.15, -0.1) is 11.8 Å². The SMILES string of the molecule is CSC1N=c2c(F)c(Cl)nc(Cl)c2=C(O)N1. The Bertz CT molecular complexity index is 565. The molecule has 1 atom stereocenters. The average Bonchev–Trinajstić information content (AvgIpc) is 2.24. The lowest BCUT2D eigenvalue weighted by Crippen LogP contribution is -2.44. The Morgan fingerprint density at radius 1 is 1.44 bits per heavy atom. The summed E-state index contributed by atoms with van der Waals surface area (Å²) in [6.07, 6.45) is 1.77. The van der Waals surface area contributed by atoms with Gasteiger partial charge in [-0.3, -0.25) is 0 Å². The molecule has 86 valence electrons. The van der Waals surface area contributed by atoms with Gasteiger partial charge >= 0.3 is 0 Å². The molecule has 0 fully saturated rings. The zero-order valence-corrected chi connectivity index (χ0v) is 10.3. The first-order chi connectivity index (χ1) is 7.54. The molecule has 0 saturated heterocycles. The van der Waals surface area contributed by atoms with Crippen molar-refractivity contribution >= 4 is 40.8 Å². The first-order valence-corrected chi connectivity index (χ1v) is 6.20. The summed E-state index contributed by atoms with van der Waals surface area (Å²) in [6, 6.07) is 0. The van der Waals surface area contributed by atoms with Crippen LogP contribution in [0.1, 0.15) is 0 Å². The van der Waals surface area contributed by atoms with Crippen LogP contribution in [0.15, 0.2) is 4.99 Å². The highest BCUT2D eigenvalue weighted by molar-refractivity contribution is 7.99. The Balaban J connectivity index is 2.87. The number of pyridine rings is 1. The highest BCUT2D eigenvalue weighted by Crippen LogP contribution is 2.12. The number of halogens is 3. The third-order valence-corrected chi connectivity index (χ3v) is 3.19. The molecule has 0 aliphatic carbocycles. The number of nitrogens with zero attached hydrogens (tertiary/aromatic N) is 2. The summed E-state index contributed by atoms with van der Waals surface area (Å²) >= 11 is 12.6. The van der Waals surface area contributed by atoms with Gasteiger partial charge in [0, 0.05) is 0 Å². The normalized spacial score (nSPS) is 18.8. The maximum Gasteiger partial charge on any atom is 0.199 e. The third-order valence-electron chi connectivity index (χ3n) is 2.00. The molecule has 0 aromatic carbocycles. The van der Waals surface area contributed by atoms with Gasteiger partial charge in [0.2, 0.25) is 0 Å². The number of aromatic nitrogens is 1. The minimum absolute atomic E-state index is 0.0360. The Kier molecular flexibility index (Phi) is 3.14. The van der Waals surface area contributed by atoms with Crippen molar-refractivity contribution in [3.05, 3.63) is 26.7 Å². The monoisotopic (exact) mass is 281 g/mol. The van der Waals surface area contributed by atoms with Gasteiger partial charge in [0.1, 0.15) is 15.7 Å². The Morgan fingerprint density at radius 2 is 2.12 bits per heavy atom. The fraction of sp³-hybridized carbons (Fsp3) is 0.250. The summed E-state index contributed by atoms with van der Waals surface area (Å²) in [7, 11) is 0. The van der Waals surface area contributed by atoms with Crippen LogP contribution in [0.3, 0.4) is 0 Å². The van der Waals surface area contributed by atoms with E-state index >= 15 is 0 Å². The van der Waals surface area contributed by atoms with Crippen LogP contribution in [-0.4, -0.2) is 21.8 Å². The van der Waals surface area contributed by atoms with Crippen molar-refractivity contribution < 1.29 is 9.50 Å². The quantitative estimate of drug-likeness (QED) is 0.755. The van der Waals surface area contributed by atoms with Crippen LogP contribution >= 0.6 is 35.0 Å². The summed E-state index contributed by atoms with van der Waals surface area (Å²) in [4.78, 5) is 7.58. The molecule has 1 aliphatic rings. The standard InChI is InChI=1S/C8H6Cl2FN3OS/c1-16-8-12-4-2(7(15)14-8)5(9)13-6(10)3(4)11/h8,14-15H,1H3. The van der Waals surface area contributed by atoms with Gasteiger partial charge in [-0.2, -0.15) is 0 Å². The van der Waals surface area contributed by atoms with Gasteiger partial charge in [0.05, 0.1) is 0 Å². The van der Waals surface area contributed by atoms with Crippen molar-refractivity contribution in [3.8, 4) is 0 Å². The summed E-state index contributed by atoms with van der Waals surface area (Å²) in [6.45, 7) is 0. The molecule has 16 heavy (non-hydrogen) atoms. The summed E-state index contributed by atoms with van der Waals surface area (Å²) in [5, 5.41) is 11.8. The maximum absolute atomic E-state index is 13.6. The average molecular weight is 282 g/mol. The third kappa shape index (κ3) is 1.81. The van der Waals surface area contributed by atoms with Gasteiger partial charge < -0.3 is 10.4 Å². The predicted octanol–water partition coefficient (Wildman–Crippen LogP) is 1.02. The molecule has 2 rings (SSSR count). The van der Waals surface area contributed by atoms with Gasteiger partial charge in [-0.25, -0.2) is 14.4 Å². The maximum atomic E-state index is 13.6. The largest absolute Gasteiger partial charge is 0.494 e. The number of aliphatic hydroxyl groups excluding tert-OH is 1. The topological polar surface area (TPSA) is 57.5 Å². The van der Waals surface area contributed by atoms with Gasteiger partial charge in [-0.05, 0) is 6.26 Å². The molecule has 2 heterocycles. The highest BCUT2D eigenvalue weighted by atomic mass is 35.5. The minimum atomic E-state index is -0.784. The van der Waals surface area contributed by atoms with E-state index in [2.05, 4.69) is 15.3 Å². The van der Waals surface area contributed by atoms with Crippen LogP contribution < -0.4 is 15.9 Å². The fourth-order valence-corrected chi connectivity index (χ4v) is 2.20. The van der Waals surface area contributed by atoms with Crippen LogP contribution in [0.2, 0.25) is 10.3 Å². The van der Waals surface area contributed by atoms with E-state index in [9.17, 15) is 9.50 Å². The Morgan fingerprint density at radius 3 is 2.75 bits per heavy atom. The van der Waals surface area contributed by atoms with E-state index in [-0.39, 0.29) is 26.8 Å². The van der Waals surface area contributed by atoms with E-state index < -0.39 is 11.3 Å². The first kappa shape index (κ1) is 11.8. The molecular formula is C8H6Cl2FN3OS. The number of aliphatic hydroxyl groups is 1. The molecule has 8 heteroatoms. The van der Waals surface area contributed by atoms with Crippen LogP contribution in [0.5, 0.6) is 0 Å². The number of hydrogen-bond acceptors (Lipinski definition) is 5. The van der Waals surface area contributed by atoms with Gasteiger partial charge in [0.25, 0.3) is 0 Å². The van der Waals surface area contributed by atoms with Crippen LogP contribution in [0.25, 0.3) is 5.88 Å². The molecule has 0 radical (unpaired) electrons. The van der Waals surface area contributed by atoms with Crippen molar-refractivity contribution in [2.75, 3.05) is 6.26 Å². The Hall–Kier alpha value is -0.720. The lowest BCUT2D eigenvalue weighted by Gasteiger charge is -2.17. The first-order valence-electron chi connectivity index (χ1n) is 4.15. The lowest BCUT2D eigenvalue weighted by atomic mass is 10.3. The number of nitrogens with one attached hydrogen (secondary N) is 1. The van der Waals surface area contributed by atoms with Gasteiger partial charge in [0.15, 0.2) is 22.4 Å². The molecule has 1 aromatic rings. The van der Waals surface area contributed by atoms with E-state index in [1.807, 2.05) is 0 Å². The van der Waals surface area contributed by atoms with Crippen molar-refractivity contribution in [2.45, 2.75) is 5.50 Å². The predicted molar refractivity (Wildman–Crippen MR) is 61.5 cm³/mol. The summed E-state index contributed by atoms with van der Waals surface area (Å²) in [5.74, 6) is -1.04. The van der Waals surface area contributed by atoms with Crippen molar-refractivity contribution in [1.82, 2.24) is 10.3 Å². The number of rotatable bonds is 1. The molecule has 0 spiro atoms. The molecule has 1 aromatic heterocycles. The summed E-state index contributed by atoms with van der Waals surface area (Å²) in [5.41, 5.74) is -0.475. The van der Waals surface area contributed by atoms with E-state index in [0.717, 1.165) is 0 Å². The van der Waals surface area contributed by atoms with Crippen molar-refractivity contribution in [2.24, 2.45) is 4.99 Å². The molecule has 0 saturated carbocycles. The number of hydrogen-bond donors (Lipinski definition) is 2. The van der Waals surface area contributed by atoms with Crippen molar-refractivity contribution in [3.63, 3.8) is 0 Å². The molecule has 4 nitrogen and oxygen atoms in total. The van der Waals surface area contributed by atoms with Crippen LogP contribution in [-0.2, 0) is 0 Å². The smallest absolute Gasteiger partial charge is 0.199 e. The minimum Gasteiger partial charge on any atom is -0.494 e. The van der Waals surface area contributed by atoms with Crippen LogP contribution in [0.4, 0.5) is 4.39 Å². The second-order valence-corrected chi connectivity index (χ2v) is 4.58. The fourth-order valence-electron chi connectivity index (χ4n) is 1.28. The zero-order chi connectivity index (χ0) is 11.9. The summed E-state index contributed by atoms with van der Waals surface area (Å²) < 4.78 is 13.6. The van der Waals surface area contributed by atoms with Crippen LogP contribution in [0, 0.1) is 5.82 Å². The number of thioether (sulfide) groups is 1. The molecule has 0 amide bonds. The zero-order valence-electron chi connectivity index (χ0n) is 7.96. The second-order valence-electron chi connectivity index (χ2n) is 2.94. The molecule has 2 N–H and O–H groups in total. The highest BCUT2D eigenvalue weighted by Gasteiger charge is 2.19. The van der Waals surface area contributed by atoms with Gasteiger partial charge in [-0.1, -0.05) is 23.2 Å². The van der Waals surface area contributed by atoms with Crippen molar-refractivity contribution in [1.29, 1.82) is 0 Å². The second kappa shape index (κ2) is 4.27. The Labute approximate surface area is 104 Å². The van der Waals surface area contributed by atoms with E-state index in [4.69, 9.17) is 23.2 Å². The number of fused-ring (bicyclic) bond motifs is 1. The molecule has 1 unspecified atom stereocenters. The lowest BCUT2D eigenvalue weighted by molar-refractivity contribution is 0.443.